The van der Waals surface area contributed by atoms with Gasteiger partial charge in [0.1, 0.15) is 18.8 Å². The van der Waals surface area contributed by atoms with Gasteiger partial charge >= 0.3 is 0 Å². The third kappa shape index (κ3) is 3.98. The maximum Gasteiger partial charge on any atom is 0.207 e. The molecule has 0 bridgehead atoms. The fourth-order valence-corrected chi connectivity index (χ4v) is 3.74. The van der Waals surface area contributed by atoms with Crippen LogP contribution < -0.4 is 9.64 Å². The van der Waals surface area contributed by atoms with Gasteiger partial charge in [0.2, 0.25) is 4.77 Å². The summed E-state index contributed by atoms with van der Waals surface area (Å²) < 4.78 is 15.4. The second-order valence-electron chi connectivity index (χ2n) is 6.67. The minimum atomic E-state index is 0.652. The second kappa shape index (κ2) is 8.45. The van der Waals surface area contributed by atoms with E-state index in [9.17, 15) is 0 Å². The summed E-state index contributed by atoms with van der Waals surface area (Å²) in [6.45, 7) is 4.14. The van der Waals surface area contributed by atoms with Crippen LogP contribution in [0.15, 0.2) is 48.5 Å². The number of hydrogen-bond donors (Lipinski definition) is 1. The van der Waals surface area contributed by atoms with Crippen LogP contribution in [-0.4, -0.2) is 47.8 Å². The third-order valence-electron chi connectivity index (χ3n) is 4.83. The van der Waals surface area contributed by atoms with Crippen molar-refractivity contribution in [2.24, 2.45) is 0 Å². The van der Waals surface area contributed by atoms with Crippen LogP contribution in [-0.2, 0) is 11.4 Å². The van der Waals surface area contributed by atoms with Gasteiger partial charge in [-0.25, -0.2) is 0 Å². The predicted octanol–water partition coefficient (Wildman–Crippen LogP) is 2.60. The minimum Gasteiger partial charge on any atom is -0.497 e. The number of nitrogens with one attached hydrogen (secondary N) is 1. The fraction of sp³-hybridized carbons (Fsp3) is 0.300. The van der Waals surface area contributed by atoms with Crippen molar-refractivity contribution in [3.8, 4) is 22.8 Å². The average Bonchev–Trinajstić information content (AvgIpc) is 3.05. The standard InChI is InChI=1S/C20H21ClN4O2S/c1-26-18-4-2-3-15(13-18)19-22-24(14-23-9-11-27-12-10-23)20(28)25(19)17-7-5-16(21)6-8-17/h2-8,13H,9-12,14H2,1H3/p+1. The van der Waals surface area contributed by atoms with Gasteiger partial charge in [-0.2, -0.15) is 4.68 Å². The van der Waals surface area contributed by atoms with Gasteiger partial charge in [0.25, 0.3) is 0 Å². The van der Waals surface area contributed by atoms with E-state index in [1.54, 1.807) is 7.11 Å². The molecule has 0 amide bonds. The smallest absolute Gasteiger partial charge is 0.207 e. The maximum absolute atomic E-state index is 6.08. The van der Waals surface area contributed by atoms with E-state index >= 15 is 0 Å². The van der Waals surface area contributed by atoms with Crippen LogP contribution in [0, 0.1) is 4.77 Å². The summed E-state index contributed by atoms with van der Waals surface area (Å²) in [6.07, 6.45) is 0. The van der Waals surface area contributed by atoms with E-state index in [1.165, 1.54) is 4.90 Å². The topological polar surface area (TPSA) is 45.6 Å². The molecule has 1 saturated heterocycles. The Morgan fingerprint density at radius 1 is 1.18 bits per heavy atom. The number of halogens is 1. The molecule has 1 fully saturated rings. The highest BCUT2D eigenvalue weighted by atomic mass is 35.5. The van der Waals surface area contributed by atoms with E-state index in [4.69, 9.17) is 38.4 Å². The molecule has 0 aliphatic carbocycles. The highest BCUT2D eigenvalue weighted by Gasteiger charge is 2.20. The van der Waals surface area contributed by atoms with Gasteiger partial charge in [-0.05, 0) is 48.6 Å². The molecule has 4 rings (SSSR count). The zero-order valence-corrected chi connectivity index (χ0v) is 17.2. The molecule has 2 heterocycles. The van der Waals surface area contributed by atoms with Crippen molar-refractivity contribution in [2.75, 3.05) is 33.4 Å². The summed E-state index contributed by atoms with van der Waals surface area (Å²) in [4.78, 5) is 1.40. The van der Waals surface area contributed by atoms with Crippen LogP contribution in [0.25, 0.3) is 17.1 Å². The molecular formula is C20H22ClN4O2S+. The predicted molar refractivity (Wildman–Crippen MR) is 111 cm³/mol. The molecule has 8 heteroatoms. The molecule has 0 spiro atoms. The Labute approximate surface area is 173 Å². The highest BCUT2D eigenvalue weighted by molar-refractivity contribution is 7.71. The molecule has 3 aromatic rings. The summed E-state index contributed by atoms with van der Waals surface area (Å²) in [5.41, 5.74) is 1.87. The SMILES string of the molecule is COc1cccc(-c2nn(C[NH+]3CCOCC3)c(=S)n2-c2ccc(Cl)cc2)c1. The Kier molecular flexibility index (Phi) is 5.77. The summed E-state index contributed by atoms with van der Waals surface area (Å²) >= 11 is 11.9. The lowest BCUT2D eigenvalue weighted by Crippen LogP contribution is -3.13. The average molecular weight is 418 g/mol. The van der Waals surface area contributed by atoms with Gasteiger partial charge in [0, 0.05) is 10.6 Å². The lowest BCUT2D eigenvalue weighted by molar-refractivity contribution is -0.930. The number of nitrogens with zero attached hydrogens (tertiary/aromatic N) is 3. The van der Waals surface area contributed by atoms with E-state index in [0.29, 0.717) is 16.5 Å². The van der Waals surface area contributed by atoms with Gasteiger partial charge in [-0.15, -0.1) is 5.10 Å². The molecule has 1 aliphatic heterocycles. The highest BCUT2D eigenvalue weighted by Crippen LogP contribution is 2.26. The first-order valence-corrected chi connectivity index (χ1v) is 9.96. The van der Waals surface area contributed by atoms with Crippen LogP contribution in [0.4, 0.5) is 0 Å². The number of rotatable bonds is 5. The summed E-state index contributed by atoms with van der Waals surface area (Å²) in [7, 11) is 1.66. The van der Waals surface area contributed by atoms with Crippen LogP contribution in [0.1, 0.15) is 0 Å². The van der Waals surface area contributed by atoms with Crippen molar-refractivity contribution in [1.82, 2.24) is 14.3 Å². The van der Waals surface area contributed by atoms with Crippen molar-refractivity contribution in [2.45, 2.75) is 6.67 Å². The van der Waals surface area contributed by atoms with E-state index in [1.807, 2.05) is 57.8 Å². The molecule has 28 heavy (non-hydrogen) atoms. The van der Waals surface area contributed by atoms with Crippen LogP contribution in [0.5, 0.6) is 5.75 Å². The Morgan fingerprint density at radius 2 is 1.93 bits per heavy atom. The number of ether oxygens (including phenoxy) is 2. The zero-order valence-electron chi connectivity index (χ0n) is 15.6. The number of aromatic nitrogens is 3. The lowest BCUT2D eigenvalue weighted by atomic mass is 10.2. The second-order valence-corrected chi connectivity index (χ2v) is 7.47. The van der Waals surface area contributed by atoms with Crippen molar-refractivity contribution < 1.29 is 14.4 Å². The molecule has 0 radical (unpaired) electrons. The number of quaternary nitrogens is 1. The molecule has 0 saturated carbocycles. The van der Waals surface area contributed by atoms with E-state index < -0.39 is 0 Å². The zero-order chi connectivity index (χ0) is 19.5. The Hall–Kier alpha value is -2.19. The van der Waals surface area contributed by atoms with E-state index in [0.717, 1.165) is 49.1 Å². The monoisotopic (exact) mass is 417 g/mol. The molecule has 6 nitrogen and oxygen atoms in total. The van der Waals surface area contributed by atoms with Crippen LogP contribution in [0.3, 0.4) is 0 Å². The molecule has 2 aromatic carbocycles. The van der Waals surface area contributed by atoms with Gasteiger partial charge in [-0.3, -0.25) is 4.57 Å². The lowest BCUT2D eigenvalue weighted by Gasteiger charge is -2.23. The van der Waals surface area contributed by atoms with Crippen molar-refractivity contribution in [3.05, 3.63) is 58.3 Å². The quantitative estimate of drug-likeness (QED) is 0.648. The molecular weight excluding hydrogens is 396 g/mol. The molecule has 1 aliphatic rings. The first kappa shape index (κ1) is 19.1. The van der Waals surface area contributed by atoms with Crippen molar-refractivity contribution in [3.63, 3.8) is 0 Å². The Bertz CT molecular complexity index is 1010. The third-order valence-corrected chi connectivity index (χ3v) is 5.47. The number of benzene rings is 2. The largest absolute Gasteiger partial charge is 0.497 e. The van der Waals surface area contributed by atoms with Crippen LogP contribution >= 0.6 is 23.8 Å². The van der Waals surface area contributed by atoms with Crippen LogP contribution in [0.2, 0.25) is 5.02 Å². The molecule has 0 atom stereocenters. The van der Waals surface area contributed by atoms with Gasteiger partial charge in [-0.1, -0.05) is 23.7 Å². The Balaban J connectivity index is 1.81. The summed E-state index contributed by atoms with van der Waals surface area (Å²) in [6, 6.07) is 15.5. The van der Waals surface area contributed by atoms with Gasteiger partial charge in [0.05, 0.1) is 26.0 Å². The number of hydrogen-bond acceptors (Lipinski definition) is 4. The fourth-order valence-electron chi connectivity index (χ4n) is 3.31. The normalized spacial score (nSPS) is 14.9. The first-order valence-electron chi connectivity index (χ1n) is 9.17. The number of methoxy groups -OCH3 is 1. The number of morpholine rings is 1. The van der Waals surface area contributed by atoms with E-state index in [2.05, 4.69) is 0 Å². The molecule has 1 N–H and O–H groups in total. The minimum absolute atomic E-state index is 0.652. The molecule has 146 valence electrons. The van der Waals surface area contributed by atoms with Gasteiger partial charge < -0.3 is 14.4 Å². The summed E-state index contributed by atoms with van der Waals surface area (Å²) in [5.74, 6) is 1.55. The van der Waals surface area contributed by atoms with E-state index in [-0.39, 0.29) is 0 Å². The van der Waals surface area contributed by atoms with Crippen molar-refractivity contribution in [1.29, 1.82) is 0 Å². The van der Waals surface area contributed by atoms with Gasteiger partial charge in [0.15, 0.2) is 12.5 Å². The summed E-state index contributed by atoms with van der Waals surface area (Å²) in [5, 5.41) is 5.56. The first-order chi connectivity index (χ1) is 13.7. The molecule has 0 unspecified atom stereocenters. The van der Waals surface area contributed by atoms with Crippen molar-refractivity contribution >= 4 is 23.8 Å². The molecule has 1 aromatic heterocycles. The Morgan fingerprint density at radius 3 is 2.64 bits per heavy atom. The maximum atomic E-state index is 6.08.